The summed E-state index contributed by atoms with van der Waals surface area (Å²) in [7, 11) is -3.66. The molecular formula is C14H19N5O3S. The van der Waals surface area contributed by atoms with E-state index in [1.165, 1.54) is 4.68 Å². The SMILES string of the molecule is Cc1n[nH]c(C)c1S(=O)(=O)NCCn1nc2c(cc1=O)CCC2. The molecular weight excluding hydrogens is 318 g/mol. The van der Waals surface area contributed by atoms with Crippen molar-refractivity contribution in [3.63, 3.8) is 0 Å². The lowest BCUT2D eigenvalue weighted by molar-refractivity contribution is 0.541. The first-order chi connectivity index (χ1) is 10.9. The summed E-state index contributed by atoms with van der Waals surface area (Å²) in [5, 5.41) is 10.9. The summed E-state index contributed by atoms with van der Waals surface area (Å²) >= 11 is 0. The number of fused-ring (bicyclic) bond motifs is 1. The van der Waals surface area contributed by atoms with Crippen LogP contribution in [0, 0.1) is 13.8 Å². The molecule has 8 nitrogen and oxygen atoms in total. The summed E-state index contributed by atoms with van der Waals surface area (Å²) in [6.07, 6.45) is 2.77. The molecule has 124 valence electrons. The second kappa shape index (κ2) is 5.89. The van der Waals surface area contributed by atoms with Crippen LogP contribution in [0.4, 0.5) is 0 Å². The van der Waals surface area contributed by atoms with Gasteiger partial charge in [0, 0.05) is 12.6 Å². The molecule has 23 heavy (non-hydrogen) atoms. The minimum atomic E-state index is -3.66. The maximum absolute atomic E-state index is 12.3. The largest absolute Gasteiger partial charge is 0.281 e. The Morgan fingerprint density at radius 1 is 1.35 bits per heavy atom. The number of nitrogens with zero attached hydrogens (tertiary/aromatic N) is 3. The molecule has 0 saturated carbocycles. The number of nitrogens with one attached hydrogen (secondary N) is 2. The monoisotopic (exact) mass is 337 g/mol. The van der Waals surface area contributed by atoms with Crippen molar-refractivity contribution in [1.82, 2.24) is 24.7 Å². The molecule has 0 amide bonds. The van der Waals surface area contributed by atoms with E-state index in [0.717, 1.165) is 30.5 Å². The van der Waals surface area contributed by atoms with E-state index >= 15 is 0 Å². The molecule has 2 heterocycles. The van der Waals surface area contributed by atoms with Gasteiger partial charge in [0.15, 0.2) is 0 Å². The second-order valence-corrected chi connectivity index (χ2v) is 7.40. The lowest BCUT2D eigenvalue weighted by Gasteiger charge is -2.09. The average Bonchev–Trinajstić information content (AvgIpc) is 3.05. The van der Waals surface area contributed by atoms with Crippen LogP contribution in [0.5, 0.6) is 0 Å². The third-order valence-electron chi connectivity index (χ3n) is 3.97. The maximum atomic E-state index is 12.3. The summed E-state index contributed by atoms with van der Waals surface area (Å²) in [5.41, 5.74) is 2.66. The van der Waals surface area contributed by atoms with Crippen molar-refractivity contribution >= 4 is 10.0 Å². The first-order valence-corrected chi connectivity index (χ1v) is 8.98. The molecule has 0 saturated heterocycles. The van der Waals surface area contributed by atoms with Crippen LogP contribution in [0.3, 0.4) is 0 Å². The highest BCUT2D eigenvalue weighted by Gasteiger charge is 2.22. The normalized spacial score (nSPS) is 14.2. The van der Waals surface area contributed by atoms with E-state index in [4.69, 9.17) is 0 Å². The Balaban J connectivity index is 1.72. The molecule has 0 atom stereocenters. The molecule has 3 rings (SSSR count). The topological polar surface area (TPSA) is 110 Å². The van der Waals surface area contributed by atoms with Crippen LogP contribution in [0.1, 0.15) is 29.1 Å². The fourth-order valence-corrected chi connectivity index (χ4v) is 4.28. The molecule has 9 heteroatoms. The van der Waals surface area contributed by atoms with Gasteiger partial charge in [-0.15, -0.1) is 0 Å². The fraction of sp³-hybridized carbons (Fsp3) is 0.500. The predicted octanol–water partition coefficient (Wildman–Crippen LogP) is 0.0504. The summed E-state index contributed by atoms with van der Waals surface area (Å²) in [6, 6.07) is 1.61. The van der Waals surface area contributed by atoms with Crippen LogP contribution in [-0.2, 0) is 29.4 Å². The fourth-order valence-electron chi connectivity index (χ4n) is 2.89. The number of hydrogen-bond acceptors (Lipinski definition) is 5. The minimum absolute atomic E-state index is 0.0953. The molecule has 0 spiro atoms. The summed E-state index contributed by atoms with van der Waals surface area (Å²) in [4.78, 5) is 12.1. The number of rotatable bonds is 5. The standard InChI is InChI=1S/C14H19N5O3S/c1-9-14(10(2)17-16-9)23(21,22)15-6-7-19-13(20)8-11-4-3-5-12(11)18-19/h8,15H,3-7H2,1-2H3,(H,16,17). The van der Waals surface area contributed by atoms with Crippen molar-refractivity contribution in [2.24, 2.45) is 0 Å². The van der Waals surface area contributed by atoms with E-state index in [-0.39, 0.29) is 23.5 Å². The summed E-state index contributed by atoms with van der Waals surface area (Å²) in [6.45, 7) is 3.57. The van der Waals surface area contributed by atoms with Crippen LogP contribution >= 0.6 is 0 Å². The van der Waals surface area contributed by atoms with Gasteiger partial charge in [-0.3, -0.25) is 9.89 Å². The predicted molar refractivity (Wildman–Crippen MR) is 83.8 cm³/mol. The van der Waals surface area contributed by atoms with Gasteiger partial charge in [-0.05, 0) is 38.7 Å². The smallest absolute Gasteiger partial charge is 0.267 e. The quantitative estimate of drug-likeness (QED) is 0.801. The zero-order chi connectivity index (χ0) is 16.6. The highest BCUT2D eigenvalue weighted by atomic mass is 32.2. The van der Waals surface area contributed by atoms with Gasteiger partial charge in [-0.1, -0.05) is 0 Å². The van der Waals surface area contributed by atoms with Crippen molar-refractivity contribution in [1.29, 1.82) is 0 Å². The van der Waals surface area contributed by atoms with Crippen molar-refractivity contribution in [3.8, 4) is 0 Å². The van der Waals surface area contributed by atoms with Crippen molar-refractivity contribution < 1.29 is 8.42 Å². The molecule has 1 aliphatic carbocycles. The Bertz CT molecular complexity index is 878. The number of hydrogen-bond donors (Lipinski definition) is 2. The summed E-state index contributed by atoms with van der Waals surface area (Å²) < 4.78 is 28.5. The molecule has 2 N–H and O–H groups in total. The molecule has 2 aromatic heterocycles. The lowest BCUT2D eigenvalue weighted by atomic mass is 10.2. The van der Waals surface area contributed by atoms with Crippen LogP contribution < -0.4 is 10.3 Å². The van der Waals surface area contributed by atoms with E-state index in [1.54, 1.807) is 19.9 Å². The number of H-pyrrole nitrogens is 1. The van der Waals surface area contributed by atoms with Crippen LogP contribution in [0.15, 0.2) is 15.8 Å². The highest BCUT2D eigenvalue weighted by Crippen LogP contribution is 2.17. The lowest BCUT2D eigenvalue weighted by Crippen LogP contribution is -2.32. The summed E-state index contributed by atoms with van der Waals surface area (Å²) in [5.74, 6) is 0. The first kappa shape index (κ1) is 15.9. The molecule has 0 aliphatic heterocycles. The van der Waals surface area contributed by atoms with Gasteiger partial charge in [0.05, 0.1) is 23.6 Å². The molecule has 1 aliphatic rings. The van der Waals surface area contributed by atoms with Gasteiger partial charge < -0.3 is 0 Å². The Labute approximate surface area is 134 Å². The van der Waals surface area contributed by atoms with Crippen molar-refractivity contribution in [3.05, 3.63) is 39.1 Å². The van der Waals surface area contributed by atoms with Crippen LogP contribution in [0.25, 0.3) is 0 Å². The van der Waals surface area contributed by atoms with E-state index in [2.05, 4.69) is 20.0 Å². The van der Waals surface area contributed by atoms with E-state index in [0.29, 0.717) is 11.4 Å². The van der Waals surface area contributed by atoms with Gasteiger partial charge in [-0.2, -0.15) is 10.2 Å². The van der Waals surface area contributed by atoms with Gasteiger partial charge in [-0.25, -0.2) is 17.8 Å². The molecule has 0 aromatic carbocycles. The van der Waals surface area contributed by atoms with E-state index in [9.17, 15) is 13.2 Å². The van der Waals surface area contributed by atoms with Gasteiger partial charge in [0.1, 0.15) is 4.90 Å². The number of sulfonamides is 1. The molecule has 0 fully saturated rings. The Morgan fingerprint density at radius 3 is 2.83 bits per heavy atom. The van der Waals surface area contributed by atoms with Gasteiger partial charge in [0.25, 0.3) is 5.56 Å². The Hall–Kier alpha value is -2.00. The maximum Gasteiger partial charge on any atom is 0.267 e. The van der Waals surface area contributed by atoms with Gasteiger partial charge >= 0.3 is 0 Å². The number of aromatic amines is 1. The molecule has 2 aromatic rings. The van der Waals surface area contributed by atoms with Crippen LogP contribution in [0.2, 0.25) is 0 Å². The zero-order valence-electron chi connectivity index (χ0n) is 13.1. The van der Waals surface area contributed by atoms with Gasteiger partial charge in [0.2, 0.25) is 10.0 Å². The third kappa shape index (κ3) is 3.06. The molecule has 0 unspecified atom stereocenters. The Kier molecular flexibility index (Phi) is 4.07. The van der Waals surface area contributed by atoms with Crippen molar-refractivity contribution in [2.75, 3.05) is 6.54 Å². The minimum Gasteiger partial charge on any atom is -0.281 e. The first-order valence-electron chi connectivity index (χ1n) is 7.49. The zero-order valence-corrected chi connectivity index (χ0v) is 13.9. The molecule has 0 radical (unpaired) electrons. The Morgan fingerprint density at radius 2 is 2.13 bits per heavy atom. The number of aromatic nitrogens is 4. The molecule has 0 bridgehead atoms. The van der Waals surface area contributed by atoms with Crippen LogP contribution in [-0.4, -0.2) is 34.9 Å². The second-order valence-electron chi connectivity index (χ2n) is 5.69. The van der Waals surface area contributed by atoms with E-state index < -0.39 is 10.0 Å². The average molecular weight is 337 g/mol. The highest BCUT2D eigenvalue weighted by molar-refractivity contribution is 7.89. The third-order valence-corrected chi connectivity index (χ3v) is 5.69. The van der Waals surface area contributed by atoms with Crippen molar-refractivity contribution in [2.45, 2.75) is 44.6 Å². The number of aryl methyl sites for hydroxylation is 4. The van der Waals surface area contributed by atoms with E-state index in [1.807, 2.05) is 0 Å².